The Balaban J connectivity index is 1.55. The van der Waals surface area contributed by atoms with Crippen LogP contribution in [0.5, 0.6) is 11.5 Å². The molecule has 4 rings (SSSR count). The van der Waals surface area contributed by atoms with E-state index in [4.69, 9.17) is 14.0 Å². The molecule has 0 atom stereocenters. The molecule has 0 unspecified atom stereocenters. The molecule has 0 saturated carbocycles. The van der Waals surface area contributed by atoms with Crippen LogP contribution in [-0.4, -0.2) is 23.2 Å². The van der Waals surface area contributed by atoms with Gasteiger partial charge in [-0.15, -0.1) is 0 Å². The SMILES string of the molecule is COc1cc(C(=O)Nc2ccc(C)c3ncccc23)ccc1OCc1c(C)noc1C. The number of fused-ring (bicyclic) bond motifs is 1. The van der Waals surface area contributed by atoms with Crippen LogP contribution in [0.2, 0.25) is 0 Å². The summed E-state index contributed by atoms with van der Waals surface area (Å²) in [5, 5.41) is 7.80. The summed E-state index contributed by atoms with van der Waals surface area (Å²) in [4.78, 5) is 17.3. The number of nitrogens with zero attached hydrogens (tertiary/aromatic N) is 2. The van der Waals surface area contributed by atoms with Gasteiger partial charge in [-0.2, -0.15) is 0 Å². The first-order chi connectivity index (χ1) is 15.0. The molecule has 0 aliphatic carbocycles. The maximum Gasteiger partial charge on any atom is 0.255 e. The fourth-order valence-electron chi connectivity index (χ4n) is 3.40. The van der Waals surface area contributed by atoms with Crippen molar-refractivity contribution in [3.05, 3.63) is 76.8 Å². The number of hydrogen-bond acceptors (Lipinski definition) is 6. The number of carbonyl (C=O) groups excluding carboxylic acids is 1. The molecule has 0 aliphatic heterocycles. The zero-order valence-corrected chi connectivity index (χ0v) is 17.9. The zero-order chi connectivity index (χ0) is 22.0. The average molecular weight is 417 g/mol. The Morgan fingerprint density at radius 1 is 1.10 bits per heavy atom. The Hall–Kier alpha value is -3.87. The van der Waals surface area contributed by atoms with Crippen LogP contribution < -0.4 is 14.8 Å². The number of benzene rings is 2. The van der Waals surface area contributed by atoms with Crippen LogP contribution >= 0.6 is 0 Å². The lowest BCUT2D eigenvalue weighted by molar-refractivity contribution is 0.102. The molecule has 2 heterocycles. The number of aromatic nitrogens is 2. The summed E-state index contributed by atoms with van der Waals surface area (Å²) in [7, 11) is 1.54. The number of pyridine rings is 1. The van der Waals surface area contributed by atoms with E-state index in [0.717, 1.165) is 27.7 Å². The van der Waals surface area contributed by atoms with Gasteiger partial charge in [0.15, 0.2) is 11.5 Å². The molecule has 0 aliphatic rings. The number of anilines is 1. The molecule has 1 amide bonds. The van der Waals surface area contributed by atoms with Crippen molar-refractivity contribution in [3.8, 4) is 11.5 Å². The molecule has 31 heavy (non-hydrogen) atoms. The zero-order valence-electron chi connectivity index (χ0n) is 17.9. The molecule has 0 spiro atoms. The molecule has 0 fully saturated rings. The second-order valence-corrected chi connectivity index (χ2v) is 7.24. The Kier molecular flexibility index (Phi) is 5.58. The smallest absolute Gasteiger partial charge is 0.255 e. The van der Waals surface area contributed by atoms with Crippen molar-refractivity contribution in [1.29, 1.82) is 0 Å². The molecule has 158 valence electrons. The summed E-state index contributed by atoms with van der Waals surface area (Å²) in [5.41, 5.74) is 4.75. The summed E-state index contributed by atoms with van der Waals surface area (Å²) < 4.78 is 16.5. The standard InChI is InChI=1S/C24H23N3O4/c1-14-7-9-20(18-6-5-11-25-23(14)18)26-24(28)17-8-10-21(22(12-17)29-4)30-13-19-15(2)27-31-16(19)3/h5-12H,13H2,1-4H3,(H,26,28). The number of ether oxygens (including phenoxy) is 2. The Morgan fingerprint density at radius 3 is 2.68 bits per heavy atom. The van der Waals surface area contributed by atoms with Gasteiger partial charge in [0.25, 0.3) is 5.91 Å². The molecule has 7 nitrogen and oxygen atoms in total. The van der Waals surface area contributed by atoms with Crippen LogP contribution in [0.1, 0.15) is 32.9 Å². The van der Waals surface area contributed by atoms with E-state index in [1.165, 1.54) is 0 Å². The van der Waals surface area contributed by atoms with E-state index in [2.05, 4.69) is 15.5 Å². The minimum atomic E-state index is -0.246. The highest BCUT2D eigenvalue weighted by Crippen LogP contribution is 2.31. The third-order valence-corrected chi connectivity index (χ3v) is 5.20. The van der Waals surface area contributed by atoms with Gasteiger partial charge in [-0.3, -0.25) is 9.78 Å². The maximum absolute atomic E-state index is 12.9. The van der Waals surface area contributed by atoms with E-state index in [-0.39, 0.29) is 5.91 Å². The first kappa shape index (κ1) is 20.4. The van der Waals surface area contributed by atoms with Crippen LogP contribution in [-0.2, 0) is 6.61 Å². The molecule has 0 saturated heterocycles. The lowest BCUT2D eigenvalue weighted by Crippen LogP contribution is -2.12. The molecule has 7 heteroatoms. The van der Waals surface area contributed by atoms with Crippen molar-refractivity contribution in [1.82, 2.24) is 10.1 Å². The van der Waals surface area contributed by atoms with Gasteiger partial charge in [-0.05, 0) is 62.7 Å². The van der Waals surface area contributed by atoms with Crippen LogP contribution in [0.3, 0.4) is 0 Å². The highest BCUT2D eigenvalue weighted by Gasteiger charge is 2.15. The molecule has 0 bridgehead atoms. The van der Waals surface area contributed by atoms with Crippen molar-refractivity contribution in [2.75, 3.05) is 12.4 Å². The van der Waals surface area contributed by atoms with Crippen molar-refractivity contribution >= 4 is 22.5 Å². The van der Waals surface area contributed by atoms with Gasteiger partial charge in [0.1, 0.15) is 12.4 Å². The lowest BCUT2D eigenvalue weighted by atomic mass is 10.1. The summed E-state index contributed by atoms with van der Waals surface area (Å²) >= 11 is 0. The summed E-state index contributed by atoms with van der Waals surface area (Å²) in [5.74, 6) is 1.47. The van der Waals surface area contributed by atoms with E-state index in [9.17, 15) is 4.79 Å². The topological polar surface area (TPSA) is 86.5 Å². The van der Waals surface area contributed by atoms with E-state index >= 15 is 0 Å². The van der Waals surface area contributed by atoms with Crippen LogP contribution in [0, 0.1) is 20.8 Å². The van der Waals surface area contributed by atoms with E-state index < -0.39 is 0 Å². The highest BCUT2D eigenvalue weighted by molar-refractivity contribution is 6.09. The van der Waals surface area contributed by atoms with E-state index in [0.29, 0.717) is 35.1 Å². The molecule has 2 aromatic carbocycles. The van der Waals surface area contributed by atoms with Gasteiger partial charge >= 0.3 is 0 Å². The van der Waals surface area contributed by atoms with E-state index in [1.807, 2.05) is 45.0 Å². The lowest BCUT2D eigenvalue weighted by Gasteiger charge is -2.13. The first-order valence-electron chi connectivity index (χ1n) is 9.86. The average Bonchev–Trinajstić information content (AvgIpc) is 3.11. The highest BCUT2D eigenvalue weighted by atomic mass is 16.5. The number of methoxy groups -OCH3 is 1. The van der Waals surface area contributed by atoms with Crippen molar-refractivity contribution in [2.45, 2.75) is 27.4 Å². The minimum Gasteiger partial charge on any atom is -0.493 e. The summed E-state index contributed by atoms with van der Waals surface area (Å²) in [6, 6.07) is 12.7. The molecule has 0 radical (unpaired) electrons. The molecule has 1 N–H and O–H groups in total. The molecule has 2 aromatic heterocycles. The Labute approximate surface area is 180 Å². The van der Waals surface area contributed by atoms with Gasteiger partial charge in [0.05, 0.1) is 29.6 Å². The van der Waals surface area contributed by atoms with Crippen LogP contribution in [0.25, 0.3) is 10.9 Å². The quantitative estimate of drug-likeness (QED) is 0.476. The normalized spacial score (nSPS) is 10.8. The second kappa shape index (κ2) is 8.47. The fourth-order valence-corrected chi connectivity index (χ4v) is 3.40. The molecular weight excluding hydrogens is 394 g/mol. The van der Waals surface area contributed by atoms with Crippen molar-refractivity contribution in [2.24, 2.45) is 0 Å². The van der Waals surface area contributed by atoms with Crippen molar-refractivity contribution in [3.63, 3.8) is 0 Å². The number of aryl methyl sites for hydroxylation is 3. The second-order valence-electron chi connectivity index (χ2n) is 7.24. The van der Waals surface area contributed by atoms with Gasteiger partial charge < -0.3 is 19.3 Å². The monoisotopic (exact) mass is 417 g/mol. The van der Waals surface area contributed by atoms with Crippen LogP contribution in [0.15, 0.2) is 53.2 Å². The van der Waals surface area contributed by atoms with Gasteiger partial charge in [-0.1, -0.05) is 11.2 Å². The summed E-state index contributed by atoms with van der Waals surface area (Å²) in [6.07, 6.45) is 1.74. The Bertz CT molecular complexity index is 1240. The minimum absolute atomic E-state index is 0.246. The van der Waals surface area contributed by atoms with Gasteiger partial charge in [0, 0.05) is 17.1 Å². The number of rotatable bonds is 6. The van der Waals surface area contributed by atoms with Gasteiger partial charge in [0.2, 0.25) is 0 Å². The first-order valence-corrected chi connectivity index (χ1v) is 9.86. The summed E-state index contributed by atoms with van der Waals surface area (Å²) in [6.45, 7) is 6.00. The van der Waals surface area contributed by atoms with Crippen molar-refractivity contribution < 1.29 is 18.8 Å². The molecule has 4 aromatic rings. The number of carbonyl (C=O) groups is 1. The van der Waals surface area contributed by atoms with E-state index in [1.54, 1.807) is 31.5 Å². The maximum atomic E-state index is 12.9. The molecular formula is C24H23N3O4. The number of amides is 1. The largest absolute Gasteiger partial charge is 0.493 e. The predicted octanol–water partition coefficient (Wildman–Crippen LogP) is 4.99. The Morgan fingerprint density at radius 2 is 1.94 bits per heavy atom. The third-order valence-electron chi connectivity index (χ3n) is 5.20. The third kappa shape index (κ3) is 4.07. The van der Waals surface area contributed by atoms with Crippen LogP contribution in [0.4, 0.5) is 5.69 Å². The number of hydrogen-bond donors (Lipinski definition) is 1. The number of nitrogens with one attached hydrogen (secondary N) is 1. The van der Waals surface area contributed by atoms with Gasteiger partial charge in [-0.25, -0.2) is 0 Å². The fraction of sp³-hybridized carbons (Fsp3) is 0.208. The predicted molar refractivity (Wildman–Crippen MR) is 118 cm³/mol.